The van der Waals surface area contributed by atoms with Crippen LogP contribution in [0.2, 0.25) is 0 Å². The van der Waals surface area contributed by atoms with Gasteiger partial charge in [0.05, 0.1) is 6.61 Å². The van der Waals surface area contributed by atoms with Crippen molar-refractivity contribution >= 4 is 17.3 Å². The normalized spacial score (nSPS) is 20.5. The second kappa shape index (κ2) is 7.04. The van der Waals surface area contributed by atoms with E-state index in [9.17, 15) is 0 Å². The summed E-state index contributed by atoms with van der Waals surface area (Å²) in [7, 11) is 5.92. The predicted octanol–water partition coefficient (Wildman–Crippen LogP) is 0.533. The minimum Gasteiger partial charge on any atom is -0.383 e. The van der Waals surface area contributed by atoms with Crippen LogP contribution in [0.1, 0.15) is 12.8 Å². The van der Waals surface area contributed by atoms with Crippen LogP contribution in [0.4, 0.5) is 0 Å². The Hall–Kier alpha value is -0.390. The van der Waals surface area contributed by atoms with Gasteiger partial charge in [-0.15, -0.1) is 0 Å². The number of ether oxygens (including phenoxy) is 1. The largest absolute Gasteiger partial charge is 0.383 e. The molecule has 0 aromatic heterocycles. The highest BCUT2D eigenvalue weighted by Crippen LogP contribution is 2.17. The lowest BCUT2D eigenvalue weighted by atomic mass is 10.2. The van der Waals surface area contributed by atoms with Crippen LogP contribution in [0.5, 0.6) is 0 Å². The fourth-order valence-electron chi connectivity index (χ4n) is 2.08. The van der Waals surface area contributed by atoms with Gasteiger partial charge in [0.25, 0.3) is 0 Å². The molecule has 0 bridgehead atoms. The first kappa shape index (κ1) is 13.7. The van der Waals surface area contributed by atoms with Crippen molar-refractivity contribution in [2.75, 3.05) is 47.4 Å². The summed E-state index contributed by atoms with van der Waals surface area (Å²) in [5, 5.41) is 4.12. The first-order chi connectivity index (χ1) is 7.65. The third-order valence-corrected chi connectivity index (χ3v) is 3.18. The maximum Gasteiger partial charge on any atom is 0.169 e. The number of nitrogens with zero attached hydrogens (tertiary/aromatic N) is 2. The average Bonchev–Trinajstić information content (AvgIpc) is 2.65. The Morgan fingerprint density at radius 2 is 2.31 bits per heavy atom. The molecular formula is C11H23N3OS. The van der Waals surface area contributed by atoms with E-state index in [2.05, 4.69) is 29.2 Å². The molecule has 1 rings (SSSR count). The van der Waals surface area contributed by atoms with Gasteiger partial charge < -0.3 is 19.9 Å². The molecule has 1 unspecified atom stereocenters. The van der Waals surface area contributed by atoms with Crippen molar-refractivity contribution < 1.29 is 4.74 Å². The van der Waals surface area contributed by atoms with Crippen molar-refractivity contribution in [3.8, 4) is 0 Å². The van der Waals surface area contributed by atoms with Gasteiger partial charge in [0, 0.05) is 32.8 Å². The molecule has 1 atom stereocenters. The van der Waals surface area contributed by atoms with E-state index in [4.69, 9.17) is 17.0 Å². The van der Waals surface area contributed by atoms with E-state index < -0.39 is 0 Å². The molecule has 0 amide bonds. The zero-order valence-electron chi connectivity index (χ0n) is 10.5. The Morgan fingerprint density at radius 3 is 2.94 bits per heavy atom. The van der Waals surface area contributed by atoms with Crippen LogP contribution in [0.15, 0.2) is 0 Å². The Labute approximate surface area is 104 Å². The van der Waals surface area contributed by atoms with Crippen LogP contribution in [-0.4, -0.2) is 68.4 Å². The summed E-state index contributed by atoms with van der Waals surface area (Å²) in [6, 6.07) is 0.567. The molecule has 1 aliphatic heterocycles. The molecule has 1 aliphatic rings. The molecule has 1 heterocycles. The van der Waals surface area contributed by atoms with E-state index in [1.165, 1.54) is 12.8 Å². The zero-order valence-corrected chi connectivity index (χ0v) is 11.3. The second-order valence-electron chi connectivity index (χ2n) is 4.48. The molecular weight excluding hydrogens is 222 g/mol. The molecule has 0 aromatic carbocycles. The molecule has 0 saturated carbocycles. The van der Waals surface area contributed by atoms with Crippen molar-refractivity contribution in [2.24, 2.45) is 0 Å². The van der Waals surface area contributed by atoms with Crippen molar-refractivity contribution in [3.05, 3.63) is 0 Å². The Bertz CT molecular complexity index is 223. The topological polar surface area (TPSA) is 27.7 Å². The van der Waals surface area contributed by atoms with E-state index >= 15 is 0 Å². The summed E-state index contributed by atoms with van der Waals surface area (Å²) in [6.07, 6.45) is 2.48. The fraction of sp³-hybridized carbons (Fsp3) is 0.909. The maximum atomic E-state index is 5.40. The van der Waals surface area contributed by atoms with E-state index in [-0.39, 0.29) is 0 Å². The number of thiocarbonyl (C=S) groups is 1. The number of hydrogen-bond donors (Lipinski definition) is 1. The number of methoxy groups -OCH3 is 1. The first-order valence-electron chi connectivity index (χ1n) is 5.83. The molecule has 0 aromatic rings. The molecule has 0 spiro atoms. The van der Waals surface area contributed by atoms with Crippen molar-refractivity contribution in [2.45, 2.75) is 18.9 Å². The van der Waals surface area contributed by atoms with Crippen LogP contribution >= 0.6 is 12.2 Å². The van der Waals surface area contributed by atoms with E-state index in [1.54, 1.807) is 7.11 Å². The molecule has 0 aliphatic carbocycles. The molecule has 1 fully saturated rings. The van der Waals surface area contributed by atoms with Crippen LogP contribution < -0.4 is 5.32 Å². The van der Waals surface area contributed by atoms with E-state index in [0.717, 1.165) is 24.7 Å². The molecule has 1 saturated heterocycles. The first-order valence-corrected chi connectivity index (χ1v) is 6.24. The molecule has 94 valence electrons. The van der Waals surface area contributed by atoms with Crippen LogP contribution in [0, 0.1) is 0 Å². The lowest BCUT2D eigenvalue weighted by Gasteiger charge is -2.29. The number of rotatable bonds is 5. The van der Waals surface area contributed by atoms with Crippen LogP contribution in [-0.2, 0) is 4.74 Å². The van der Waals surface area contributed by atoms with Gasteiger partial charge in [-0.1, -0.05) is 0 Å². The fourth-order valence-corrected chi connectivity index (χ4v) is 2.42. The SMILES string of the molecule is COCCNC(=S)N1CCCC1CN(C)C. The summed E-state index contributed by atoms with van der Waals surface area (Å²) in [6.45, 7) is 3.65. The summed E-state index contributed by atoms with van der Waals surface area (Å²) in [5.74, 6) is 0. The number of likely N-dealkylation sites (N-methyl/N-ethyl adjacent to an activating group) is 1. The summed E-state index contributed by atoms with van der Waals surface area (Å²) in [5.41, 5.74) is 0. The van der Waals surface area contributed by atoms with Gasteiger partial charge >= 0.3 is 0 Å². The minimum atomic E-state index is 0.567. The highest BCUT2D eigenvalue weighted by Gasteiger charge is 2.26. The molecule has 0 radical (unpaired) electrons. The lowest BCUT2D eigenvalue weighted by Crippen LogP contribution is -2.46. The summed E-state index contributed by atoms with van der Waals surface area (Å²) < 4.78 is 5.00. The number of hydrogen-bond acceptors (Lipinski definition) is 3. The minimum absolute atomic E-state index is 0.567. The van der Waals surface area contributed by atoms with E-state index in [0.29, 0.717) is 12.6 Å². The molecule has 1 N–H and O–H groups in total. The molecule has 16 heavy (non-hydrogen) atoms. The summed E-state index contributed by atoms with van der Waals surface area (Å²) in [4.78, 5) is 4.53. The average molecular weight is 245 g/mol. The zero-order chi connectivity index (χ0) is 12.0. The number of nitrogens with one attached hydrogen (secondary N) is 1. The third kappa shape index (κ3) is 4.23. The van der Waals surface area contributed by atoms with Gasteiger partial charge in [-0.3, -0.25) is 0 Å². The number of likely N-dealkylation sites (tertiary alicyclic amines) is 1. The van der Waals surface area contributed by atoms with Gasteiger partial charge in [-0.25, -0.2) is 0 Å². The second-order valence-corrected chi connectivity index (χ2v) is 4.86. The lowest BCUT2D eigenvalue weighted by molar-refractivity contribution is 0.202. The van der Waals surface area contributed by atoms with Crippen molar-refractivity contribution in [1.82, 2.24) is 15.1 Å². The summed E-state index contributed by atoms with van der Waals surface area (Å²) >= 11 is 5.40. The Balaban J connectivity index is 2.35. The predicted molar refractivity (Wildman–Crippen MR) is 70.8 cm³/mol. The van der Waals surface area contributed by atoms with Crippen LogP contribution in [0.25, 0.3) is 0 Å². The monoisotopic (exact) mass is 245 g/mol. The standard InChI is InChI=1S/C11H23N3OS/c1-13(2)9-10-5-4-7-14(10)11(16)12-6-8-15-3/h10H,4-9H2,1-3H3,(H,12,16). The van der Waals surface area contributed by atoms with Crippen molar-refractivity contribution in [1.29, 1.82) is 0 Å². The van der Waals surface area contributed by atoms with Gasteiger partial charge in [0.15, 0.2) is 5.11 Å². The van der Waals surface area contributed by atoms with Gasteiger partial charge in [-0.05, 0) is 39.2 Å². The highest BCUT2D eigenvalue weighted by molar-refractivity contribution is 7.80. The maximum absolute atomic E-state index is 5.40. The molecule has 5 heteroatoms. The third-order valence-electron chi connectivity index (χ3n) is 2.80. The van der Waals surface area contributed by atoms with Gasteiger partial charge in [-0.2, -0.15) is 0 Å². The quantitative estimate of drug-likeness (QED) is 0.563. The van der Waals surface area contributed by atoms with Gasteiger partial charge in [0.1, 0.15) is 0 Å². The highest BCUT2D eigenvalue weighted by atomic mass is 32.1. The Morgan fingerprint density at radius 1 is 1.56 bits per heavy atom. The van der Waals surface area contributed by atoms with E-state index in [1.807, 2.05) is 0 Å². The molecule has 4 nitrogen and oxygen atoms in total. The van der Waals surface area contributed by atoms with Crippen LogP contribution in [0.3, 0.4) is 0 Å². The van der Waals surface area contributed by atoms with Crippen molar-refractivity contribution in [3.63, 3.8) is 0 Å². The smallest absolute Gasteiger partial charge is 0.169 e. The Kier molecular flexibility index (Phi) is 6.01. The van der Waals surface area contributed by atoms with Gasteiger partial charge in [0.2, 0.25) is 0 Å².